The van der Waals surface area contributed by atoms with Gasteiger partial charge in [-0.1, -0.05) is 34.6 Å². The zero-order valence-electron chi connectivity index (χ0n) is 21.8. The predicted octanol–water partition coefficient (Wildman–Crippen LogP) is 4.09. The summed E-state index contributed by atoms with van der Waals surface area (Å²) in [6, 6.07) is 0. The van der Waals surface area contributed by atoms with Crippen molar-refractivity contribution in [2.75, 3.05) is 6.54 Å². The van der Waals surface area contributed by atoms with Gasteiger partial charge >= 0.3 is 5.97 Å². The van der Waals surface area contributed by atoms with Crippen molar-refractivity contribution in [3.8, 4) is 0 Å². The monoisotopic (exact) mass is 477 g/mol. The quantitative estimate of drug-likeness (QED) is 0.461. The molecule has 4 N–H and O–H groups in total. The van der Waals surface area contributed by atoms with Gasteiger partial charge in [-0.25, -0.2) is 0 Å². The lowest BCUT2D eigenvalue weighted by Gasteiger charge is -2.64. The number of aliphatic hydroxyl groups is 2. The lowest BCUT2D eigenvalue weighted by molar-refractivity contribution is -0.199. The molecule has 0 saturated heterocycles. The van der Waals surface area contributed by atoms with Crippen LogP contribution in [0.15, 0.2) is 0 Å². The summed E-state index contributed by atoms with van der Waals surface area (Å²) >= 11 is 0. The molecule has 4 rings (SSSR count). The Bertz CT molecular complexity index is 787. The number of hydrogen-bond donors (Lipinski definition) is 4. The summed E-state index contributed by atoms with van der Waals surface area (Å²) in [7, 11) is 0. The molecule has 6 heteroatoms. The molecule has 4 aliphatic carbocycles. The summed E-state index contributed by atoms with van der Waals surface area (Å²) in [5.74, 6) is 1.50. The Labute approximate surface area is 205 Å². The van der Waals surface area contributed by atoms with Gasteiger partial charge in [0, 0.05) is 5.92 Å². The van der Waals surface area contributed by atoms with E-state index >= 15 is 0 Å². The average molecular weight is 478 g/mol. The highest BCUT2D eigenvalue weighted by atomic mass is 16.4. The number of carboxylic acids is 1. The zero-order valence-corrected chi connectivity index (χ0v) is 21.8. The highest BCUT2D eigenvalue weighted by Gasteiger charge is 2.64. The number of carbonyl (C=O) groups is 2. The van der Waals surface area contributed by atoms with Gasteiger partial charge in [-0.2, -0.15) is 0 Å². The Hall–Kier alpha value is -1.14. The van der Waals surface area contributed by atoms with Crippen LogP contribution >= 0.6 is 0 Å². The summed E-state index contributed by atoms with van der Waals surface area (Å²) in [6.07, 6.45) is 7.68. The molecule has 4 fully saturated rings. The van der Waals surface area contributed by atoms with E-state index in [1.165, 1.54) is 6.42 Å². The van der Waals surface area contributed by atoms with Crippen molar-refractivity contribution in [1.29, 1.82) is 0 Å². The van der Waals surface area contributed by atoms with Crippen LogP contribution in [0.1, 0.15) is 86.0 Å². The number of aliphatic carboxylic acids is 1. The Balaban J connectivity index is 1.49. The van der Waals surface area contributed by atoms with Crippen molar-refractivity contribution < 1.29 is 24.9 Å². The molecule has 0 spiro atoms. The van der Waals surface area contributed by atoms with Crippen LogP contribution in [0.4, 0.5) is 0 Å². The lowest BCUT2D eigenvalue weighted by Crippen LogP contribution is -2.61. The summed E-state index contributed by atoms with van der Waals surface area (Å²) in [4.78, 5) is 23.2. The van der Waals surface area contributed by atoms with E-state index in [0.29, 0.717) is 35.5 Å². The highest BCUT2D eigenvalue weighted by molar-refractivity contribution is 5.82. The zero-order chi connectivity index (χ0) is 25.0. The van der Waals surface area contributed by atoms with E-state index in [0.717, 1.165) is 44.9 Å². The molecule has 194 valence electrons. The maximum atomic E-state index is 12.4. The molecule has 6 nitrogen and oxygen atoms in total. The van der Waals surface area contributed by atoms with Crippen LogP contribution in [0.5, 0.6) is 0 Å². The number of nitrogens with one attached hydrogen (secondary N) is 1. The van der Waals surface area contributed by atoms with Crippen LogP contribution in [-0.4, -0.2) is 45.9 Å². The van der Waals surface area contributed by atoms with Crippen molar-refractivity contribution in [2.45, 2.75) is 98.2 Å². The minimum atomic E-state index is -1.01. The van der Waals surface area contributed by atoms with Gasteiger partial charge in [0.15, 0.2) is 0 Å². The number of aliphatic hydroxyl groups excluding tert-OH is 2. The molecule has 0 aromatic rings. The lowest BCUT2D eigenvalue weighted by atomic mass is 9.42. The molecule has 0 aromatic carbocycles. The molecule has 0 heterocycles. The molecular formula is C28H47NO5. The third kappa shape index (κ3) is 4.21. The van der Waals surface area contributed by atoms with E-state index in [-0.39, 0.29) is 47.3 Å². The first-order chi connectivity index (χ1) is 15.9. The second-order valence-corrected chi connectivity index (χ2v) is 13.1. The SMILES string of the molecule is C[C@H](C[C@@H](C)[C@H]1CCC2C3C(CC[C@@]21C)[C@@]1(C)CC[C@@H](O)CC1[C@@H](C)[C@@H]3O)C(=O)NCC(=O)O. The molecular weight excluding hydrogens is 430 g/mol. The van der Waals surface area contributed by atoms with Gasteiger partial charge in [0.1, 0.15) is 6.54 Å². The van der Waals surface area contributed by atoms with E-state index in [1.54, 1.807) is 0 Å². The Morgan fingerprint density at radius 3 is 2.29 bits per heavy atom. The Morgan fingerprint density at radius 1 is 0.971 bits per heavy atom. The minimum absolute atomic E-state index is 0.173. The van der Waals surface area contributed by atoms with Crippen molar-refractivity contribution in [2.24, 2.45) is 58.2 Å². The van der Waals surface area contributed by atoms with Crippen molar-refractivity contribution in [3.63, 3.8) is 0 Å². The van der Waals surface area contributed by atoms with Crippen molar-refractivity contribution >= 4 is 11.9 Å². The van der Waals surface area contributed by atoms with Gasteiger partial charge in [0.25, 0.3) is 0 Å². The predicted molar refractivity (Wildman–Crippen MR) is 131 cm³/mol. The topological polar surface area (TPSA) is 107 Å². The number of rotatable bonds is 6. The summed E-state index contributed by atoms with van der Waals surface area (Å²) < 4.78 is 0. The van der Waals surface area contributed by atoms with Crippen LogP contribution in [0, 0.1) is 58.2 Å². The smallest absolute Gasteiger partial charge is 0.322 e. The van der Waals surface area contributed by atoms with Crippen LogP contribution in [-0.2, 0) is 9.59 Å². The third-order valence-corrected chi connectivity index (χ3v) is 11.5. The fourth-order valence-electron chi connectivity index (χ4n) is 9.79. The van der Waals surface area contributed by atoms with Gasteiger partial charge < -0.3 is 20.6 Å². The Kier molecular flexibility index (Phi) is 7.16. The third-order valence-electron chi connectivity index (χ3n) is 11.5. The molecule has 4 unspecified atom stereocenters. The first-order valence-corrected chi connectivity index (χ1v) is 13.8. The first-order valence-electron chi connectivity index (χ1n) is 13.8. The van der Waals surface area contributed by atoms with Gasteiger partial charge in [0.05, 0.1) is 12.2 Å². The molecule has 1 amide bonds. The number of fused-ring (bicyclic) bond motifs is 5. The van der Waals surface area contributed by atoms with E-state index in [2.05, 4.69) is 33.0 Å². The van der Waals surface area contributed by atoms with Crippen molar-refractivity contribution in [3.05, 3.63) is 0 Å². The summed E-state index contributed by atoms with van der Waals surface area (Å²) in [6.45, 7) is 11.0. The van der Waals surface area contributed by atoms with Gasteiger partial charge in [-0.15, -0.1) is 0 Å². The second kappa shape index (κ2) is 9.38. The number of amides is 1. The first kappa shape index (κ1) is 25.9. The molecule has 0 aromatic heterocycles. The molecule has 4 aliphatic rings. The van der Waals surface area contributed by atoms with Gasteiger partial charge in [-0.3, -0.25) is 9.59 Å². The van der Waals surface area contributed by atoms with Crippen molar-refractivity contribution in [1.82, 2.24) is 5.32 Å². The van der Waals surface area contributed by atoms with E-state index in [4.69, 9.17) is 5.11 Å². The molecule has 4 saturated carbocycles. The molecule has 0 radical (unpaired) electrons. The fraction of sp³-hybridized carbons (Fsp3) is 0.929. The second-order valence-electron chi connectivity index (χ2n) is 13.1. The Morgan fingerprint density at radius 2 is 1.62 bits per heavy atom. The highest BCUT2D eigenvalue weighted by Crippen LogP contribution is 2.69. The minimum Gasteiger partial charge on any atom is -0.480 e. The van der Waals surface area contributed by atoms with Gasteiger partial charge in [0.2, 0.25) is 5.91 Å². The van der Waals surface area contributed by atoms with E-state index in [1.807, 2.05) is 6.92 Å². The standard InChI is InChI=1S/C28H47NO5/c1-15(12-16(2)26(34)29-14-23(31)32)19-6-7-20-24-21(9-11-27(19,20)4)28(5)10-8-18(30)13-22(28)17(3)25(24)33/h15-22,24-25,30,33H,6-14H2,1-5H3,(H,29,34)(H,31,32)/t15-,16-,17-,18-,19-,20?,21?,22?,24?,25+,27-,28-/m1/s1. The molecule has 0 bridgehead atoms. The maximum absolute atomic E-state index is 12.4. The number of carbonyl (C=O) groups excluding carboxylic acids is 1. The van der Waals surface area contributed by atoms with E-state index in [9.17, 15) is 19.8 Å². The molecule has 12 atom stereocenters. The number of hydrogen-bond acceptors (Lipinski definition) is 4. The number of carboxylic acid groups (broad SMARTS) is 1. The maximum Gasteiger partial charge on any atom is 0.322 e. The largest absolute Gasteiger partial charge is 0.480 e. The van der Waals surface area contributed by atoms with Crippen LogP contribution in [0.2, 0.25) is 0 Å². The fourth-order valence-corrected chi connectivity index (χ4v) is 9.79. The van der Waals surface area contributed by atoms with Gasteiger partial charge in [-0.05, 0) is 104 Å². The average Bonchev–Trinajstić information content (AvgIpc) is 3.13. The normalized spacial score (nSPS) is 47.6. The van der Waals surface area contributed by atoms with Crippen LogP contribution in [0.3, 0.4) is 0 Å². The summed E-state index contributed by atoms with van der Waals surface area (Å²) in [5, 5.41) is 33.4. The molecule has 34 heavy (non-hydrogen) atoms. The summed E-state index contributed by atoms with van der Waals surface area (Å²) in [5.41, 5.74) is 0.389. The van der Waals surface area contributed by atoms with Crippen LogP contribution < -0.4 is 5.32 Å². The van der Waals surface area contributed by atoms with Crippen LogP contribution in [0.25, 0.3) is 0 Å². The van der Waals surface area contributed by atoms with E-state index < -0.39 is 5.97 Å². The molecule has 0 aliphatic heterocycles.